The van der Waals surface area contributed by atoms with Gasteiger partial charge in [0.25, 0.3) is 5.69 Å². The van der Waals surface area contributed by atoms with Crippen LogP contribution in [0.4, 0.5) is 11.4 Å². The molecule has 1 aromatic heterocycles. The van der Waals surface area contributed by atoms with E-state index in [4.69, 9.17) is 16.3 Å². The van der Waals surface area contributed by atoms with Gasteiger partial charge in [-0.1, -0.05) is 29.4 Å². The number of nitrogens with zero attached hydrogens (tertiary/aromatic N) is 4. The first-order valence-corrected chi connectivity index (χ1v) is 10.6. The molecule has 0 N–H and O–H groups in total. The van der Waals surface area contributed by atoms with Crippen LogP contribution in [0, 0.1) is 10.1 Å². The zero-order chi connectivity index (χ0) is 21.3. The van der Waals surface area contributed by atoms with Crippen LogP contribution in [0.1, 0.15) is 6.42 Å². The molecule has 1 fully saturated rings. The molecule has 4 rings (SSSR count). The molecule has 1 unspecified atom stereocenters. The molecule has 1 aliphatic rings. The number of imidazole rings is 1. The summed E-state index contributed by atoms with van der Waals surface area (Å²) in [6, 6.07) is 11.7. The molecule has 3 aromatic rings. The van der Waals surface area contributed by atoms with Gasteiger partial charge in [0.15, 0.2) is 5.16 Å². The molecular formula is C20H19ClN4O4S. The zero-order valence-corrected chi connectivity index (χ0v) is 17.7. The molecule has 0 saturated carbocycles. The Hall–Kier alpha value is -2.62. The molecular weight excluding hydrogens is 428 g/mol. The van der Waals surface area contributed by atoms with Gasteiger partial charge in [0, 0.05) is 37.4 Å². The molecule has 1 aliphatic heterocycles. The van der Waals surface area contributed by atoms with E-state index in [1.807, 2.05) is 16.7 Å². The van der Waals surface area contributed by atoms with Gasteiger partial charge in [-0.25, -0.2) is 4.98 Å². The Morgan fingerprint density at radius 2 is 2.17 bits per heavy atom. The summed E-state index contributed by atoms with van der Waals surface area (Å²) in [5.74, 6) is -0.0797. The molecule has 30 heavy (non-hydrogen) atoms. The van der Waals surface area contributed by atoms with E-state index >= 15 is 0 Å². The predicted molar refractivity (Wildman–Crippen MR) is 116 cm³/mol. The van der Waals surface area contributed by atoms with E-state index < -0.39 is 4.92 Å². The molecule has 1 saturated heterocycles. The molecule has 0 bridgehead atoms. The van der Waals surface area contributed by atoms with E-state index in [0.717, 1.165) is 16.2 Å². The van der Waals surface area contributed by atoms with Crippen molar-refractivity contribution in [2.75, 3.05) is 25.2 Å². The molecule has 156 valence electrons. The molecule has 2 heterocycles. The summed E-state index contributed by atoms with van der Waals surface area (Å²) in [6.07, 6.45) is 0.625. The van der Waals surface area contributed by atoms with Gasteiger partial charge in [0.1, 0.15) is 0 Å². The largest absolute Gasteiger partial charge is 0.383 e. The number of fused-ring (bicyclic) bond motifs is 1. The highest BCUT2D eigenvalue weighted by atomic mass is 35.5. The average Bonchev–Trinajstić information content (AvgIpc) is 3.26. The number of thioether (sulfide) groups is 1. The molecule has 1 atom stereocenters. The standard InChI is InChI=1S/C20H19ClN4O4S/c1-29-10-9-24-17-6-5-13(21)11-16(17)22-20(24)30-18-7-8-23(19(18)26)14-3-2-4-15(12-14)25(27)28/h2-6,11-12,18H,7-10H2,1H3. The van der Waals surface area contributed by atoms with Gasteiger partial charge in [0.05, 0.1) is 33.5 Å². The number of anilines is 1. The second-order valence-corrected chi connectivity index (χ2v) is 8.44. The molecule has 8 nitrogen and oxygen atoms in total. The summed E-state index contributed by atoms with van der Waals surface area (Å²) in [4.78, 5) is 29.9. The molecule has 10 heteroatoms. The number of benzene rings is 2. The molecule has 2 aromatic carbocycles. The average molecular weight is 447 g/mol. The van der Waals surface area contributed by atoms with Gasteiger partial charge in [-0.2, -0.15) is 0 Å². The Labute approximate surface area is 181 Å². The fourth-order valence-corrected chi connectivity index (χ4v) is 4.83. The number of rotatable bonds is 7. The summed E-state index contributed by atoms with van der Waals surface area (Å²) in [5, 5.41) is 12.1. The number of carbonyl (C=O) groups excluding carboxylic acids is 1. The summed E-state index contributed by atoms with van der Waals surface area (Å²) < 4.78 is 7.26. The van der Waals surface area contributed by atoms with Gasteiger partial charge in [-0.3, -0.25) is 14.9 Å². The van der Waals surface area contributed by atoms with E-state index in [0.29, 0.717) is 36.8 Å². The summed E-state index contributed by atoms with van der Waals surface area (Å²) >= 11 is 7.52. The summed E-state index contributed by atoms with van der Waals surface area (Å²) in [7, 11) is 1.64. The third kappa shape index (κ3) is 4.00. The second-order valence-electron chi connectivity index (χ2n) is 6.83. The summed E-state index contributed by atoms with van der Waals surface area (Å²) in [5.41, 5.74) is 2.20. The lowest BCUT2D eigenvalue weighted by molar-refractivity contribution is -0.384. The maximum absolute atomic E-state index is 13.0. The van der Waals surface area contributed by atoms with Crippen molar-refractivity contribution in [1.82, 2.24) is 9.55 Å². The SMILES string of the molecule is COCCn1c(SC2CCN(c3cccc([N+](=O)[O-])c3)C2=O)nc2cc(Cl)ccc21. The number of methoxy groups -OCH3 is 1. The number of ether oxygens (including phenoxy) is 1. The van der Waals surface area contributed by atoms with E-state index in [-0.39, 0.29) is 16.8 Å². The van der Waals surface area contributed by atoms with Crippen molar-refractivity contribution in [1.29, 1.82) is 0 Å². The topological polar surface area (TPSA) is 90.5 Å². The Morgan fingerprint density at radius 3 is 2.93 bits per heavy atom. The molecule has 0 aliphatic carbocycles. The third-order valence-corrected chi connectivity index (χ3v) is 6.43. The lowest BCUT2D eigenvalue weighted by Gasteiger charge is -2.16. The fraction of sp³-hybridized carbons (Fsp3) is 0.300. The fourth-order valence-electron chi connectivity index (χ4n) is 3.49. The lowest BCUT2D eigenvalue weighted by atomic mass is 10.2. The number of carbonyl (C=O) groups is 1. The Kier molecular flexibility index (Phi) is 5.94. The second kappa shape index (κ2) is 8.63. The summed E-state index contributed by atoms with van der Waals surface area (Å²) in [6.45, 7) is 1.62. The number of aromatic nitrogens is 2. The zero-order valence-electron chi connectivity index (χ0n) is 16.2. The van der Waals surface area contributed by atoms with Gasteiger partial charge < -0.3 is 14.2 Å². The van der Waals surface area contributed by atoms with Crippen molar-refractivity contribution in [2.45, 2.75) is 23.4 Å². The number of hydrogen-bond acceptors (Lipinski definition) is 6. The van der Waals surface area contributed by atoms with Crippen molar-refractivity contribution >= 4 is 51.7 Å². The van der Waals surface area contributed by atoms with E-state index in [1.165, 1.54) is 23.9 Å². The highest BCUT2D eigenvalue weighted by molar-refractivity contribution is 8.00. The van der Waals surface area contributed by atoms with Gasteiger partial charge in [0.2, 0.25) is 5.91 Å². The predicted octanol–water partition coefficient (Wildman–Crippen LogP) is 4.14. The van der Waals surface area contributed by atoms with Gasteiger partial charge in [-0.15, -0.1) is 0 Å². The number of nitro groups is 1. The van der Waals surface area contributed by atoms with Crippen molar-refractivity contribution in [2.24, 2.45) is 0 Å². The number of non-ortho nitro benzene ring substituents is 1. The first-order chi connectivity index (χ1) is 14.5. The highest BCUT2D eigenvalue weighted by Gasteiger charge is 2.35. The highest BCUT2D eigenvalue weighted by Crippen LogP contribution is 2.35. The van der Waals surface area contributed by atoms with E-state index in [1.54, 1.807) is 30.2 Å². The van der Waals surface area contributed by atoms with Crippen molar-refractivity contribution in [3.63, 3.8) is 0 Å². The van der Waals surface area contributed by atoms with Gasteiger partial charge >= 0.3 is 0 Å². The molecule has 0 spiro atoms. The van der Waals surface area contributed by atoms with Gasteiger partial charge in [-0.05, 0) is 30.7 Å². The first-order valence-electron chi connectivity index (χ1n) is 9.35. The molecule has 0 radical (unpaired) electrons. The van der Waals surface area contributed by atoms with Crippen LogP contribution < -0.4 is 4.90 Å². The Bertz CT molecular complexity index is 1120. The normalized spacial score (nSPS) is 16.5. The third-order valence-electron chi connectivity index (χ3n) is 4.95. The van der Waals surface area contributed by atoms with Crippen molar-refractivity contribution in [3.05, 3.63) is 57.6 Å². The number of nitro benzene ring substituents is 1. The van der Waals surface area contributed by atoms with E-state index in [9.17, 15) is 14.9 Å². The quantitative estimate of drug-likeness (QED) is 0.400. The number of amides is 1. The van der Waals surface area contributed by atoms with Crippen LogP contribution >= 0.6 is 23.4 Å². The van der Waals surface area contributed by atoms with E-state index in [2.05, 4.69) is 4.98 Å². The Balaban J connectivity index is 1.59. The minimum absolute atomic E-state index is 0.0327. The number of hydrogen-bond donors (Lipinski definition) is 0. The maximum Gasteiger partial charge on any atom is 0.271 e. The van der Waals surface area contributed by atoms with Crippen molar-refractivity contribution < 1.29 is 14.5 Å². The van der Waals surface area contributed by atoms with Crippen LogP contribution in [0.15, 0.2) is 47.6 Å². The number of halogens is 1. The van der Waals surface area contributed by atoms with Crippen molar-refractivity contribution in [3.8, 4) is 0 Å². The van der Waals surface area contributed by atoms with Crippen LogP contribution in [0.2, 0.25) is 5.02 Å². The van der Waals surface area contributed by atoms with Crippen LogP contribution in [0.5, 0.6) is 0 Å². The maximum atomic E-state index is 13.0. The van der Waals surface area contributed by atoms with Crippen LogP contribution in [0.25, 0.3) is 11.0 Å². The lowest BCUT2D eigenvalue weighted by Crippen LogP contribution is -2.28. The smallest absolute Gasteiger partial charge is 0.271 e. The van der Waals surface area contributed by atoms with Crippen LogP contribution in [0.3, 0.4) is 0 Å². The minimum atomic E-state index is -0.459. The first kappa shape index (κ1) is 20.6. The molecule has 1 amide bonds. The monoisotopic (exact) mass is 446 g/mol. The Morgan fingerprint density at radius 1 is 1.33 bits per heavy atom. The van der Waals surface area contributed by atoms with Crippen LogP contribution in [-0.2, 0) is 16.1 Å². The van der Waals surface area contributed by atoms with Crippen LogP contribution in [-0.4, -0.2) is 45.9 Å². The minimum Gasteiger partial charge on any atom is -0.383 e.